The van der Waals surface area contributed by atoms with Crippen molar-refractivity contribution in [2.45, 2.75) is 43.6 Å². The van der Waals surface area contributed by atoms with Gasteiger partial charge in [-0.2, -0.15) is 4.31 Å². The Kier molecular flexibility index (Phi) is 5.46. The summed E-state index contributed by atoms with van der Waals surface area (Å²) in [5, 5.41) is -0.170. The summed E-state index contributed by atoms with van der Waals surface area (Å²) in [5.41, 5.74) is 0. The van der Waals surface area contributed by atoms with E-state index in [1.165, 1.54) is 16.4 Å². The van der Waals surface area contributed by atoms with E-state index >= 15 is 0 Å². The molecule has 8 nitrogen and oxygen atoms in total. The molecule has 2 amide bonds. The maximum atomic E-state index is 12.7. The molecule has 0 atom stereocenters. The van der Waals surface area contributed by atoms with Crippen LogP contribution in [0.5, 0.6) is 0 Å². The van der Waals surface area contributed by atoms with E-state index in [-0.39, 0.29) is 28.6 Å². The van der Waals surface area contributed by atoms with Gasteiger partial charge in [0, 0.05) is 45.2 Å². The Bertz CT molecular complexity index is 832. The third-order valence-corrected chi connectivity index (χ3v) is 7.81. The van der Waals surface area contributed by atoms with E-state index in [4.69, 9.17) is 4.42 Å². The second-order valence-corrected chi connectivity index (χ2v) is 9.70. The Morgan fingerprint density at radius 2 is 1.50 bits per heavy atom. The first-order valence-corrected chi connectivity index (χ1v) is 11.6. The summed E-state index contributed by atoms with van der Waals surface area (Å²) >= 11 is 0. The summed E-state index contributed by atoms with van der Waals surface area (Å²) in [6, 6.07) is 2.80. The third-order valence-electron chi connectivity index (χ3n) is 6.03. The summed E-state index contributed by atoms with van der Waals surface area (Å²) in [4.78, 5) is 28.5. The monoisotopic (exact) mass is 409 g/mol. The Hall–Kier alpha value is -1.87. The second kappa shape index (κ2) is 7.87. The quantitative estimate of drug-likeness (QED) is 0.752. The Morgan fingerprint density at radius 3 is 2.11 bits per heavy atom. The van der Waals surface area contributed by atoms with Gasteiger partial charge in [0.25, 0.3) is 15.9 Å². The first kappa shape index (κ1) is 19.4. The first-order valence-electron chi connectivity index (χ1n) is 10.1. The standard InChI is InChI=1S/C19H27N3O5S/c23-18(15-5-4-6-15)20-11-13-21(14-12-20)19(24)16-7-8-17(27-16)28(25,26)22-9-2-1-3-10-22/h7-8,15H,1-6,9-14H2. The van der Waals surface area contributed by atoms with E-state index in [0.29, 0.717) is 39.3 Å². The minimum Gasteiger partial charge on any atom is -0.438 e. The van der Waals surface area contributed by atoms with Gasteiger partial charge in [0.2, 0.25) is 11.0 Å². The van der Waals surface area contributed by atoms with Gasteiger partial charge in [0.05, 0.1) is 0 Å². The summed E-state index contributed by atoms with van der Waals surface area (Å²) in [5.74, 6) is 0.0753. The number of furan rings is 1. The highest BCUT2D eigenvalue weighted by Crippen LogP contribution is 2.29. The van der Waals surface area contributed by atoms with Crippen molar-refractivity contribution in [3.05, 3.63) is 17.9 Å². The molecule has 3 heterocycles. The molecular formula is C19H27N3O5S. The first-order chi connectivity index (χ1) is 13.5. The summed E-state index contributed by atoms with van der Waals surface area (Å²) in [6.07, 6.45) is 5.78. The van der Waals surface area contributed by atoms with Crippen molar-refractivity contribution >= 4 is 21.8 Å². The van der Waals surface area contributed by atoms with Crippen molar-refractivity contribution in [3.63, 3.8) is 0 Å². The zero-order chi connectivity index (χ0) is 19.7. The Morgan fingerprint density at radius 1 is 0.857 bits per heavy atom. The van der Waals surface area contributed by atoms with Crippen LogP contribution in [0, 0.1) is 5.92 Å². The third kappa shape index (κ3) is 3.69. The molecule has 2 aliphatic heterocycles. The molecule has 0 unspecified atom stereocenters. The molecule has 1 saturated carbocycles. The molecule has 4 rings (SSSR count). The van der Waals surface area contributed by atoms with Gasteiger partial charge in [-0.3, -0.25) is 9.59 Å². The lowest BCUT2D eigenvalue weighted by molar-refractivity contribution is -0.139. The van der Waals surface area contributed by atoms with Gasteiger partial charge in [0.15, 0.2) is 5.76 Å². The van der Waals surface area contributed by atoms with E-state index in [9.17, 15) is 18.0 Å². The second-order valence-electron chi connectivity index (χ2n) is 7.83. The number of hydrogen-bond acceptors (Lipinski definition) is 5. The van der Waals surface area contributed by atoms with Crippen molar-refractivity contribution in [1.29, 1.82) is 0 Å². The molecule has 9 heteroatoms. The van der Waals surface area contributed by atoms with Gasteiger partial charge in [-0.15, -0.1) is 0 Å². The van der Waals surface area contributed by atoms with Gasteiger partial charge in [-0.05, 0) is 37.8 Å². The molecule has 3 aliphatic rings. The molecule has 2 saturated heterocycles. The number of carbonyl (C=O) groups excluding carboxylic acids is 2. The number of amides is 2. The van der Waals surface area contributed by atoms with Crippen LogP contribution in [-0.4, -0.2) is 73.6 Å². The molecule has 0 spiro atoms. The van der Waals surface area contributed by atoms with Crippen LogP contribution in [0.1, 0.15) is 49.1 Å². The van der Waals surface area contributed by atoms with Crippen molar-refractivity contribution in [2.75, 3.05) is 39.3 Å². The molecule has 154 valence electrons. The normalized spacial score (nSPS) is 22.1. The number of carbonyl (C=O) groups is 2. The zero-order valence-corrected chi connectivity index (χ0v) is 16.8. The highest BCUT2D eigenvalue weighted by atomic mass is 32.2. The molecule has 1 aromatic heterocycles. The van der Waals surface area contributed by atoms with E-state index < -0.39 is 10.0 Å². The predicted octanol–water partition coefficient (Wildman–Crippen LogP) is 1.54. The fourth-order valence-electron chi connectivity index (χ4n) is 4.01. The Balaban J connectivity index is 1.37. The lowest BCUT2D eigenvalue weighted by atomic mass is 9.84. The number of nitrogens with zero attached hydrogens (tertiary/aromatic N) is 3. The van der Waals surface area contributed by atoms with E-state index in [2.05, 4.69) is 0 Å². The topological polar surface area (TPSA) is 91.1 Å². The number of piperidine rings is 1. The highest BCUT2D eigenvalue weighted by Gasteiger charge is 2.34. The maximum absolute atomic E-state index is 12.7. The smallest absolute Gasteiger partial charge is 0.289 e. The van der Waals surface area contributed by atoms with Crippen LogP contribution in [0.4, 0.5) is 0 Å². The van der Waals surface area contributed by atoms with Crippen molar-refractivity contribution < 1.29 is 22.4 Å². The van der Waals surface area contributed by atoms with E-state index in [1.807, 2.05) is 4.90 Å². The van der Waals surface area contributed by atoms with Gasteiger partial charge < -0.3 is 14.2 Å². The molecular weight excluding hydrogens is 382 g/mol. The molecule has 0 N–H and O–H groups in total. The number of piperazine rings is 1. The molecule has 28 heavy (non-hydrogen) atoms. The summed E-state index contributed by atoms with van der Waals surface area (Å²) in [7, 11) is -3.69. The van der Waals surface area contributed by atoms with Crippen LogP contribution in [0.25, 0.3) is 0 Å². The van der Waals surface area contributed by atoms with Gasteiger partial charge >= 0.3 is 0 Å². The highest BCUT2D eigenvalue weighted by molar-refractivity contribution is 7.89. The van der Waals surface area contributed by atoms with Crippen LogP contribution >= 0.6 is 0 Å². The van der Waals surface area contributed by atoms with Crippen LogP contribution in [-0.2, 0) is 14.8 Å². The van der Waals surface area contributed by atoms with Gasteiger partial charge in [0.1, 0.15) is 0 Å². The number of hydrogen-bond donors (Lipinski definition) is 0. The zero-order valence-electron chi connectivity index (χ0n) is 16.0. The molecule has 1 aromatic rings. The van der Waals surface area contributed by atoms with Crippen LogP contribution < -0.4 is 0 Å². The SMILES string of the molecule is O=C(c1ccc(S(=O)(=O)N2CCCCC2)o1)N1CCN(C(=O)C2CCC2)CC1. The van der Waals surface area contributed by atoms with Crippen LogP contribution in [0.2, 0.25) is 0 Å². The molecule has 0 radical (unpaired) electrons. The number of rotatable bonds is 4. The van der Waals surface area contributed by atoms with Crippen LogP contribution in [0.3, 0.4) is 0 Å². The maximum Gasteiger partial charge on any atom is 0.289 e. The minimum atomic E-state index is -3.69. The molecule has 0 bridgehead atoms. The summed E-state index contributed by atoms with van der Waals surface area (Å²) in [6.45, 7) is 2.88. The molecule has 3 fully saturated rings. The fraction of sp³-hybridized carbons (Fsp3) is 0.684. The molecule has 0 aromatic carbocycles. The van der Waals surface area contributed by atoms with E-state index in [1.54, 1.807) is 4.90 Å². The van der Waals surface area contributed by atoms with Gasteiger partial charge in [-0.1, -0.05) is 12.8 Å². The lowest BCUT2D eigenvalue weighted by Gasteiger charge is -2.37. The average Bonchev–Trinajstić information content (AvgIpc) is 3.18. The predicted molar refractivity (Wildman–Crippen MR) is 101 cm³/mol. The van der Waals surface area contributed by atoms with Crippen molar-refractivity contribution in [2.24, 2.45) is 5.92 Å². The van der Waals surface area contributed by atoms with Crippen molar-refractivity contribution in [3.8, 4) is 0 Å². The average molecular weight is 410 g/mol. The summed E-state index contributed by atoms with van der Waals surface area (Å²) < 4.78 is 32.2. The van der Waals surface area contributed by atoms with Crippen molar-refractivity contribution in [1.82, 2.24) is 14.1 Å². The van der Waals surface area contributed by atoms with Crippen LogP contribution in [0.15, 0.2) is 21.6 Å². The fourth-order valence-corrected chi connectivity index (χ4v) is 5.43. The Labute approximate surface area is 165 Å². The van der Waals surface area contributed by atoms with Gasteiger partial charge in [-0.25, -0.2) is 8.42 Å². The lowest BCUT2D eigenvalue weighted by Crippen LogP contribution is -2.52. The number of sulfonamides is 1. The molecule has 1 aliphatic carbocycles. The largest absolute Gasteiger partial charge is 0.438 e. The van der Waals surface area contributed by atoms with E-state index in [0.717, 1.165) is 38.5 Å². The minimum absolute atomic E-state index is 0.0364.